The number of hydrogen-bond acceptors (Lipinski definition) is 3. The van der Waals surface area contributed by atoms with Gasteiger partial charge in [-0.25, -0.2) is 9.97 Å². The number of hydrogen-bond donors (Lipinski definition) is 0. The first-order valence-corrected chi connectivity index (χ1v) is 18.6. The van der Waals surface area contributed by atoms with Gasteiger partial charge in [0.15, 0.2) is 5.82 Å². The Morgan fingerprint density at radius 1 is 0.426 bits per heavy atom. The maximum atomic E-state index is 6.29. The molecule has 0 spiro atoms. The molecular weight excluding hydrogens is 657 g/mol. The lowest BCUT2D eigenvalue weighted by molar-refractivity contribution is 0.661. The second kappa shape index (κ2) is 11.6. The van der Waals surface area contributed by atoms with Crippen LogP contribution in [0.3, 0.4) is 0 Å². The van der Waals surface area contributed by atoms with Gasteiger partial charge in [0, 0.05) is 32.9 Å². The van der Waals surface area contributed by atoms with Gasteiger partial charge in [-0.05, 0) is 85.3 Å². The monoisotopic (exact) mass is 690 g/mol. The molecule has 0 bridgehead atoms. The molecule has 2 heterocycles. The second-order valence-corrected chi connectivity index (χ2v) is 14.9. The fourth-order valence-electron chi connectivity index (χ4n) is 8.89. The lowest BCUT2D eigenvalue weighted by Gasteiger charge is -2.21. The van der Waals surface area contributed by atoms with Crippen LogP contribution in [0.25, 0.3) is 99.6 Å². The molecule has 0 radical (unpaired) electrons. The first kappa shape index (κ1) is 30.8. The highest BCUT2D eigenvalue weighted by Gasteiger charge is 2.36. The molecule has 0 atom stereocenters. The Balaban J connectivity index is 1.12. The van der Waals surface area contributed by atoms with Crippen molar-refractivity contribution < 1.29 is 4.42 Å². The molecule has 8 aromatic carbocycles. The average molecular weight is 691 g/mol. The smallest absolute Gasteiger partial charge is 0.161 e. The summed E-state index contributed by atoms with van der Waals surface area (Å²) in [5.74, 6) is 0.690. The molecule has 0 N–H and O–H groups in total. The number of nitrogens with zero attached hydrogens (tertiary/aromatic N) is 2. The van der Waals surface area contributed by atoms with E-state index in [4.69, 9.17) is 14.4 Å². The second-order valence-electron chi connectivity index (χ2n) is 14.9. The zero-order chi connectivity index (χ0) is 36.0. The van der Waals surface area contributed by atoms with Crippen molar-refractivity contribution in [1.29, 1.82) is 0 Å². The summed E-state index contributed by atoms with van der Waals surface area (Å²) in [4.78, 5) is 10.6. The van der Waals surface area contributed by atoms with E-state index in [1.165, 1.54) is 49.5 Å². The van der Waals surface area contributed by atoms with Gasteiger partial charge in [0.05, 0.1) is 11.4 Å². The highest BCUT2D eigenvalue weighted by molar-refractivity contribution is 6.12. The topological polar surface area (TPSA) is 38.9 Å². The van der Waals surface area contributed by atoms with Crippen LogP contribution < -0.4 is 0 Å². The quantitative estimate of drug-likeness (QED) is 0.184. The van der Waals surface area contributed by atoms with Gasteiger partial charge in [0.2, 0.25) is 0 Å². The van der Waals surface area contributed by atoms with Crippen LogP contribution in [-0.4, -0.2) is 9.97 Å². The number of benzene rings is 8. The molecule has 1 aliphatic carbocycles. The summed E-state index contributed by atoms with van der Waals surface area (Å²) >= 11 is 0. The van der Waals surface area contributed by atoms with Gasteiger partial charge in [0.25, 0.3) is 0 Å². The van der Waals surface area contributed by atoms with E-state index < -0.39 is 0 Å². The van der Waals surface area contributed by atoms with Crippen LogP contribution in [0, 0.1) is 0 Å². The van der Waals surface area contributed by atoms with E-state index in [1.54, 1.807) is 0 Å². The minimum Gasteiger partial charge on any atom is -0.456 e. The first-order chi connectivity index (χ1) is 26.5. The Bertz CT molecular complexity index is 3130. The lowest BCUT2D eigenvalue weighted by atomic mass is 9.81. The number of fused-ring (bicyclic) bond motifs is 9. The van der Waals surface area contributed by atoms with Gasteiger partial charge >= 0.3 is 0 Å². The van der Waals surface area contributed by atoms with Gasteiger partial charge in [-0.15, -0.1) is 0 Å². The summed E-state index contributed by atoms with van der Waals surface area (Å²) in [6, 6.07) is 60.5. The highest BCUT2D eigenvalue weighted by atomic mass is 16.3. The van der Waals surface area contributed by atoms with Crippen molar-refractivity contribution in [2.45, 2.75) is 19.3 Å². The van der Waals surface area contributed by atoms with Gasteiger partial charge in [0.1, 0.15) is 11.2 Å². The molecular formula is C51H34N2O. The zero-order valence-electron chi connectivity index (χ0n) is 30.0. The molecule has 0 fully saturated rings. The van der Waals surface area contributed by atoms with Gasteiger partial charge < -0.3 is 4.42 Å². The van der Waals surface area contributed by atoms with Crippen molar-refractivity contribution in [3.8, 4) is 56.2 Å². The van der Waals surface area contributed by atoms with E-state index in [-0.39, 0.29) is 5.41 Å². The zero-order valence-corrected chi connectivity index (χ0v) is 30.0. The van der Waals surface area contributed by atoms with Crippen LogP contribution >= 0.6 is 0 Å². The molecule has 11 rings (SSSR count). The van der Waals surface area contributed by atoms with Gasteiger partial charge in [-0.2, -0.15) is 0 Å². The van der Waals surface area contributed by atoms with Crippen LogP contribution in [0.4, 0.5) is 0 Å². The summed E-state index contributed by atoms with van der Waals surface area (Å²) in [5.41, 5.74) is 14.3. The summed E-state index contributed by atoms with van der Waals surface area (Å²) < 4.78 is 6.29. The van der Waals surface area contributed by atoms with Crippen molar-refractivity contribution in [2.24, 2.45) is 0 Å². The van der Waals surface area contributed by atoms with Crippen LogP contribution in [0.2, 0.25) is 0 Å². The molecule has 254 valence electrons. The Kier molecular flexibility index (Phi) is 6.60. The molecule has 3 heteroatoms. The minimum absolute atomic E-state index is 0.0783. The normalized spacial score (nSPS) is 13.1. The molecule has 0 unspecified atom stereocenters. The molecule has 54 heavy (non-hydrogen) atoms. The van der Waals surface area contributed by atoms with E-state index in [0.717, 1.165) is 55.4 Å². The fraction of sp³-hybridized carbons (Fsp3) is 0.0588. The maximum absolute atomic E-state index is 6.29. The minimum atomic E-state index is -0.0783. The fourth-order valence-corrected chi connectivity index (χ4v) is 8.89. The molecule has 0 saturated heterocycles. The Labute approximate surface area is 313 Å². The molecule has 1 aliphatic rings. The van der Waals surface area contributed by atoms with E-state index in [2.05, 4.69) is 153 Å². The summed E-state index contributed by atoms with van der Waals surface area (Å²) in [6.45, 7) is 4.70. The molecule has 10 aromatic rings. The van der Waals surface area contributed by atoms with Crippen LogP contribution in [0.5, 0.6) is 0 Å². The van der Waals surface area contributed by atoms with Crippen molar-refractivity contribution in [1.82, 2.24) is 9.97 Å². The van der Waals surface area contributed by atoms with Crippen molar-refractivity contribution in [2.75, 3.05) is 0 Å². The SMILES string of the molecule is CC1(C)c2ccc(-c3ccc(-c4nc(-c5ccccc5)cc(-c5cccc6oc7ccccc7c56)n4)c4ccccc34)cc2-c2c1ccc1ccccc21. The van der Waals surface area contributed by atoms with Gasteiger partial charge in [-0.3, -0.25) is 0 Å². The lowest BCUT2D eigenvalue weighted by Crippen LogP contribution is -2.14. The summed E-state index contributed by atoms with van der Waals surface area (Å²) in [6.07, 6.45) is 0. The molecule has 0 saturated carbocycles. The summed E-state index contributed by atoms with van der Waals surface area (Å²) in [5, 5.41) is 7.01. The van der Waals surface area contributed by atoms with Crippen LogP contribution in [-0.2, 0) is 5.41 Å². The van der Waals surface area contributed by atoms with Crippen LogP contribution in [0.15, 0.2) is 174 Å². The Morgan fingerprint density at radius 2 is 1.09 bits per heavy atom. The van der Waals surface area contributed by atoms with E-state index in [9.17, 15) is 0 Å². The first-order valence-electron chi connectivity index (χ1n) is 18.6. The van der Waals surface area contributed by atoms with Gasteiger partial charge in [-0.1, -0.05) is 153 Å². The van der Waals surface area contributed by atoms with Crippen molar-refractivity contribution in [3.05, 3.63) is 181 Å². The van der Waals surface area contributed by atoms with E-state index in [0.29, 0.717) is 5.82 Å². The Hall–Kier alpha value is -6.84. The molecule has 0 amide bonds. The number of aromatic nitrogens is 2. The molecule has 3 nitrogen and oxygen atoms in total. The summed E-state index contributed by atoms with van der Waals surface area (Å²) in [7, 11) is 0. The number of rotatable bonds is 4. The predicted octanol–water partition coefficient (Wildman–Crippen LogP) is 13.7. The maximum Gasteiger partial charge on any atom is 0.161 e. The van der Waals surface area contributed by atoms with Crippen LogP contribution in [0.1, 0.15) is 25.0 Å². The van der Waals surface area contributed by atoms with Crippen molar-refractivity contribution >= 4 is 43.5 Å². The third-order valence-corrected chi connectivity index (χ3v) is 11.5. The average Bonchev–Trinajstić information content (AvgIpc) is 3.72. The number of furan rings is 1. The van der Waals surface area contributed by atoms with E-state index in [1.807, 2.05) is 30.3 Å². The standard InChI is InChI=1S/C51H34N2O/c1-51(2)42-27-24-33(29-41(42)48-35-16-7-6-13-31(35)23-28-43(48)51)34-25-26-38(37-18-9-8-17-36(34)37)50-52-44(32-14-4-3-5-15-32)30-45(53-50)39-20-12-22-47-49(39)40-19-10-11-21-46(40)54-47/h3-30H,1-2H3. The van der Waals surface area contributed by atoms with Crippen molar-refractivity contribution in [3.63, 3.8) is 0 Å². The third-order valence-electron chi connectivity index (χ3n) is 11.5. The van der Waals surface area contributed by atoms with E-state index >= 15 is 0 Å². The molecule has 0 aliphatic heterocycles. The largest absolute Gasteiger partial charge is 0.456 e. The third kappa shape index (κ3) is 4.55. The number of para-hydroxylation sites is 1. The predicted molar refractivity (Wildman–Crippen MR) is 224 cm³/mol. The Morgan fingerprint density at radius 3 is 1.94 bits per heavy atom. The molecule has 2 aromatic heterocycles. The highest BCUT2D eigenvalue weighted by Crippen LogP contribution is 2.52.